The van der Waals surface area contributed by atoms with Gasteiger partial charge in [-0.3, -0.25) is 10.1 Å². The van der Waals surface area contributed by atoms with E-state index in [0.717, 1.165) is 18.5 Å². The number of rotatable bonds is 7. The van der Waals surface area contributed by atoms with Crippen LogP contribution in [0.15, 0.2) is 48.5 Å². The van der Waals surface area contributed by atoms with E-state index in [1.165, 1.54) is 5.56 Å². The van der Waals surface area contributed by atoms with Crippen molar-refractivity contribution in [1.29, 1.82) is 0 Å². The highest BCUT2D eigenvalue weighted by Gasteiger charge is 2.13. The molecule has 0 heterocycles. The average Bonchev–Trinajstić information content (AvgIpc) is 2.67. The maximum Gasteiger partial charge on any atom is 0.257 e. The monoisotopic (exact) mass is 384 g/mol. The van der Waals surface area contributed by atoms with Gasteiger partial charge in [0.05, 0.1) is 6.10 Å². The largest absolute Gasteiger partial charge is 0.491 e. The molecule has 0 aliphatic rings. The maximum atomic E-state index is 12.5. The Kier molecular flexibility index (Phi) is 7.80. The molecular weight excluding hydrogens is 356 g/mol. The van der Waals surface area contributed by atoms with Gasteiger partial charge >= 0.3 is 0 Å². The first-order valence-electron chi connectivity index (χ1n) is 9.42. The lowest BCUT2D eigenvalue weighted by molar-refractivity contribution is 0.0977. The minimum atomic E-state index is -0.261. The summed E-state index contributed by atoms with van der Waals surface area (Å²) in [6.45, 7) is 8.38. The zero-order valence-electron chi connectivity index (χ0n) is 16.4. The van der Waals surface area contributed by atoms with Crippen LogP contribution in [0.25, 0.3) is 0 Å². The molecule has 4 nitrogen and oxygen atoms in total. The van der Waals surface area contributed by atoms with E-state index in [2.05, 4.69) is 37.5 Å². The van der Waals surface area contributed by atoms with Crippen LogP contribution in [0.4, 0.5) is 5.69 Å². The van der Waals surface area contributed by atoms with Crippen molar-refractivity contribution in [3.05, 3.63) is 59.7 Å². The highest BCUT2D eigenvalue weighted by molar-refractivity contribution is 7.80. The number of para-hydroxylation sites is 1. The fraction of sp³-hybridized carbons (Fsp3) is 0.364. The second-order valence-corrected chi connectivity index (χ2v) is 7.08. The molecule has 2 atom stereocenters. The Morgan fingerprint density at radius 3 is 2.52 bits per heavy atom. The number of benzene rings is 2. The van der Waals surface area contributed by atoms with Crippen molar-refractivity contribution in [2.75, 3.05) is 5.32 Å². The summed E-state index contributed by atoms with van der Waals surface area (Å²) in [6, 6.07) is 15.2. The minimum absolute atomic E-state index is 0.100. The molecule has 144 valence electrons. The Balaban J connectivity index is 2.04. The zero-order chi connectivity index (χ0) is 19.8. The molecule has 0 spiro atoms. The molecule has 0 fully saturated rings. The summed E-state index contributed by atoms with van der Waals surface area (Å²) in [5.74, 6) is 0.822. The zero-order valence-corrected chi connectivity index (χ0v) is 17.2. The van der Waals surface area contributed by atoms with Gasteiger partial charge in [0.15, 0.2) is 5.11 Å². The maximum absolute atomic E-state index is 12.5. The van der Waals surface area contributed by atoms with E-state index < -0.39 is 0 Å². The molecule has 0 unspecified atom stereocenters. The topological polar surface area (TPSA) is 50.4 Å². The second kappa shape index (κ2) is 10.1. The number of anilines is 1. The van der Waals surface area contributed by atoms with Crippen molar-refractivity contribution < 1.29 is 9.53 Å². The molecule has 0 aromatic heterocycles. The molecular formula is C22H28N2O2S. The van der Waals surface area contributed by atoms with Crippen molar-refractivity contribution in [3.63, 3.8) is 0 Å². The van der Waals surface area contributed by atoms with Crippen LogP contribution in [0.1, 0.15) is 62.4 Å². The third-order valence-electron chi connectivity index (χ3n) is 4.59. The summed E-state index contributed by atoms with van der Waals surface area (Å²) in [6.07, 6.45) is 2.03. The lowest BCUT2D eigenvalue weighted by Gasteiger charge is -2.17. The van der Waals surface area contributed by atoms with Gasteiger partial charge in [-0.1, -0.05) is 45.0 Å². The smallest absolute Gasteiger partial charge is 0.257 e. The molecule has 2 N–H and O–H groups in total. The number of hydrogen-bond acceptors (Lipinski definition) is 3. The van der Waals surface area contributed by atoms with Gasteiger partial charge < -0.3 is 10.1 Å². The molecule has 0 aliphatic carbocycles. The summed E-state index contributed by atoms with van der Waals surface area (Å²) in [5, 5.41) is 6.18. The van der Waals surface area contributed by atoms with E-state index in [1.807, 2.05) is 31.2 Å². The van der Waals surface area contributed by atoms with Crippen molar-refractivity contribution in [2.45, 2.75) is 52.6 Å². The molecule has 0 aliphatic heterocycles. The van der Waals surface area contributed by atoms with E-state index in [9.17, 15) is 4.79 Å². The molecule has 27 heavy (non-hydrogen) atoms. The standard InChI is InChI=1S/C22H28N2O2S/c1-5-15(3)19-12-7-8-13-20(19)23-22(27)24-21(25)17-10-9-11-18(14-17)26-16(4)6-2/h7-16H,5-6H2,1-4H3,(H2,23,24,25,27)/t15-,16+/m0/s1. The number of nitrogens with one attached hydrogen (secondary N) is 2. The van der Waals surface area contributed by atoms with Gasteiger partial charge in [-0.15, -0.1) is 0 Å². The van der Waals surface area contributed by atoms with Crippen molar-refractivity contribution in [2.24, 2.45) is 0 Å². The van der Waals surface area contributed by atoms with E-state index in [1.54, 1.807) is 18.2 Å². The van der Waals surface area contributed by atoms with Gasteiger partial charge in [-0.2, -0.15) is 0 Å². The highest BCUT2D eigenvalue weighted by atomic mass is 32.1. The van der Waals surface area contributed by atoms with Crippen molar-refractivity contribution in [3.8, 4) is 5.75 Å². The highest BCUT2D eigenvalue weighted by Crippen LogP contribution is 2.26. The van der Waals surface area contributed by atoms with Crippen LogP contribution in [0.5, 0.6) is 5.75 Å². The van der Waals surface area contributed by atoms with Gasteiger partial charge in [-0.25, -0.2) is 0 Å². The van der Waals surface area contributed by atoms with Gasteiger partial charge in [0, 0.05) is 11.3 Å². The molecule has 2 aromatic carbocycles. The Morgan fingerprint density at radius 2 is 1.81 bits per heavy atom. The quantitative estimate of drug-likeness (QED) is 0.619. The molecule has 2 rings (SSSR count). The van der Waals surface area contributed by atoms with E-state index in [0.29, 0.717) is 17.2 Å². The van der Waals surface area contributed by atoms with Crippen LogP contribution in [0, 0.1) is 0 Å². The molecule has 0 saturated heterocycles. The first kappa shape index (κ1) is 20.9. The SMILES string of the molecule is CC[C@@H](C)Oc1cccc(C(=O)NC(=S)Nc2ccccc2[C@@H](C)CC)c1. The summed E-state index contributed by atoms with van der Waals surface area (Å²) >= 11 is 5.34. The molecule has 0 radical (unpaired) electrons. The summed E-state index contributed by atoms with van der Waals surface area (Å²) in [5.41, 5.74) is 2.61. The van der Waals surface area contributed by atoms with E-state index >= 15 is 0 Å². The average molecular weight is 385 g/mol. The molecule has 0 bridgehead atoms. The predicted octanol–water partition coefficient (Wildman–Crippen LogP) is 5.50. The lowest BCUT2D eigenvalue weighted by Crippen LogP contribution is -2.34. The van der Waals surface area contributed by atoms with Crippen molar-refractivity contribution in [1.82, 2.24) is 5.32 Å². The van der Waals surface area contributed by atoms with Crippen LogP contribution >= 0.6 is 12.2 Å². The first-order valence-corrected chi connectivity index (χ1v) is 9.83. The van der Waals surface area contributed by atoms with Gasteiger partial charge in [0.25, 0.3) is 5.91 Å². The van der Waals surface area contributed by atoms with Gasteiger partial charge in [-0.05, 0) is 67.7 Å². The third kappa shape index (κ3) is 6.07. The third-order valence-corrected chi connectivity index (χ3v) is 4.79. The molecule has 0 saturated carbocycles. The number of thiocarbonyl (C=S) groups is 1. The second-order valence-electron chi connectivity index (χ2n) is 6.67. The van der Waals surface area contributed by atoms with E-state index in [-0.39, 0.29) is 17.1 Å². The Bertz CT molecular complexity index is 791. The van der Waals surface area contributed by atoms with Gasteiger partial charge in [0.2, 0.25) is 0 Å². The Labute approximate surface area is 167 Å². The number of carbonyl (C=O) groups is 1. The molecule has 1 amide bonds. The Hall–Kier alpha value is -2.40. The summed E-state index contributed by atoms with van der Waals surface area (Å²) in [4.78, 5) is 12.5. The minimum Gasteiger partial charge on any atom is -0.491 e. The van der Waals surface area contributed by atoms with Crippen LogP contribution in [-0.4, -0.2) is 17.1 Å². The van der Waals surface area contributed by atoms with Crippen LogP contribution in [0.2, 0.25) is 0 Å². The van der Waals surface area contributed by atoms with Crippen LogP contribution in [-0.2, 0) is 0 Å². The fourth-order valence-corrected chi connectivity index (χ4v) is 2.82. The first-order chi connectivity index (χ1) is 12.9. The fourth-order valence-electron chi connectivity index (χ4n) is 2.62. The molecule has 5 heteroatoms. The number of hydrogen-bond donors (Lipinski definition) is 2. The van der Waals surface area contributed by atoms with Crippen LogP contribution in [0.3, 0.4) is 0 Å². The summed E-state index contributed by atoms with van der Waals surface area (Å²) < 4.78 is 5.78. The number of ether oxygens (including phenoxy) is 1. The molecule has 2 aromatic rings. The number of amides is 1. The Morgan fingerprint density at radius 1 is 1.07 bits per heavy atom. The van der Waals surface area contributed by atoms with E-state index in [4.69, 9.17) is 17.0 Å². The van der Waals surface area contributed by atoms with Gasteiger partial charge in [0.1, 0.15) is 5.75 Å². The lowest BCUT2D eigenvalue weighted by atomic mass is 9.97. The normalized spacial score (nSPS) is 12.7. The van der Waals surface area contributed by atoms with Crippen LogP contribution < -0.4 is 15.4 Å². The predicted molar refractivity (Wildman–Crippen MR) is 116 cm³/mol. The van der Waals surface area contributed by atoms with Crippen molar-refractivity contribution >= 4 is 28.9 Å². The number of carbonyl (C=O) groups excluding carboxylic acids is 1. The summed E-state index contributed by atoms with van der Waals surface area (Å²) in [7, 11) is 0.